The maximum absolute atomic E-state index is 6.04. The first-order valence-corrected chi connectivity index (χ1v) is 8.14. The average molecular weight is 290 g/mol. The minimum absolute atomic E-state index is 0.0685. The maximum atomic E-state index is 6.04. The van der Waals surface area contributed by atoms with E-state index in [-0.39, 0.29) is 6.04 Å². The summed E-state index contributed by atoms with van der Waals surface area (Å²) in [5, 5.41) is 0. The predicted molar refractivity (Wildman–Crippen MR) is 90.0 cm³/mol. The molecule has 1 aromatic carbocycles. The Morgan fingerprint density at radius 2 is 1.85 bits per heavy atom. The average Bonchev–Trinajstić information content (AvgIpc) is 2.48. The fourth-order valence-corrected chi connectivity index (χ4v) is 3.54. The van der Waals surface area contributed by atoms with Crippen LogP contribution >= 0.6 is 12.2 Å². The molecule has 0 bridgehead atoms. The van der Waals surface area contributed by atoms with E-state index in [0.717, 1.165) is 6.42 Å². The number of thiocarbonyl (C=S) groups is 1. The third kappa shape index (κ3) is 3.58. The van der Waals surface area contributed by atoms with Crippen LogP contribution < -0.4 is 5.73 Å². The van der Waals surface area contributed by atoms with Crippen molar-refractivity contribution >= 4 is 17.2 Å². The summed E-state index contributed by atoms with van der Waals surface area (Å²) in [6, 6.07) is 9.43. The van der Waals surface area contributed by atoms with Gasteiger partial charge in [0.15, 0.2) is 0 Å². The molecule has 1 aliphatic carbocycles. The first-order chi connectivity index (χ1) is 9.63. The lowest BCUT2D eigenvalue weighted by Gasteiger charge is -2.37. The van der Waals surface area contributed by atoms with Crippen LogP contribution in [-0.2, 0) is 6.42 Å². The van der Waals surface area contributed by atoms with Crippen LogP contribution in [-0.4, -0.2) is 23.0 Å². The van der Waals surface area contributed by atoms with Gasteiger partial charge in [0.1, 0.15) is 0 Å². The minimum atomic E-state index is 0.0685. The fraction of sp³-hybridized carbons (Fsp3) is 0.588. The summed E-state index contributed by atoms with van der Waals surface area (Å²) < 4.78 is 0. The predicted octanol–water partition coefficient (Wildman–Crippen LogP) is 3.84. The zero-order valence-electron chi connectivity index (χ0n) is 12.6. The molecule has 0 heterocycles. The largest absolute Gasteiger partial charge is 0.392 e. The molecule has 0 spiro atoms. The van der Waals surface area contributed by atoms with Gasteiger partial charge in [-0.3, -0.25) is 4.90 Å². The molecule has 1 unspecified atom stereocenters. The van der Waals surface area contributed by atoms with E-state index in [9.17, 15) is 0 Å². The van der Waals surface area contributed by atoms with Crippen molar-refractivity contribution in [1.29, 1.82) is 0 Å². The molecule has 20 heavy (non-hydrogen) atoms. The zero-order chi connectivity index (χ0) is 14.5. The van der Waals surface area contributed by atoms with Crippen LogP contribution in [0.2, 0.25) is 0 Å². The fourth-order valence-electron chi connectivity index (χ4n) is 3.23. The van der Waals surface area contributed by atoms with Crippen molar-refractivity contribution in [1.82, 2.24) is 4.90 Å². The van der Waals surface area contributed by atoms with Gasteiger partial charge in [-0.2, -0.15) is 0 Å². The summed E-state index contributed by atoms with van der Waals surface area (Å²) in [6.45, 7) is 2.17. The Bertz CT molecular complexity index is 435. The van der Waals surface area contributed by atoms with Gasteiger partial charge in [-0.1, -0.05) is 62.7 Å². The molecule has 2 nitrogen and oxygen atoms in total. The highest BCUT2D eigenvalue weighted by atomic mass is 32.1. The number of aryl methyl sites for hydroxylation is 1. The summed E-state index contributed by atoms with van der Waals surface area (Å²) in [4.78, 5) is 2.98. The Labute approximate surface area is 128 Å². The van der Waals surface area contributed by atoms with Gasteiger partial charge in [-0.05, 0) is 37.4 Å². The topological polar surface area (TPSA) is 29.3 Å². The molecule has 2 N–H and O–H groups in total. The molecule has 1 aliphatic rings. The molecule has 0 radical (unpaired) electrons. The first-order valence-electron chi connectivity index (χ1n) is 7.73. The Balaban J connectivity index is 2.18. The summed E-state index contributed by atoms with van der Waals surface area (Å²) in [7, 11) is 2.17. The molecule has 110 valence electrons. The molecule has 1 atom stereocenters. The molecule has 0 aromatic heterocycles. The number of hydrogen-bond acceptors (Lipinski definition) is 2. The third-order valence-electron chi connectivity index (χ3n) is 4.53. The second-order valence-corrected chi connectivity index (χ2v) is 6.33. The van der Waals surface area contributed by atoms with Gasteiger partial charge in [0.25, 0.3) is 0 Å². The van der Waals surface area contributed by atoms with Crippen LogP contribution in [0.4, 0.5) is 0 Å². The Kier molecular flexibility index (Phi) is 5.55. The smallest absolute Gasteiger partial charge is 0.0948 e. The number of benzene rings is 1. The lowest BCUT2D eigenvalue weighted by Crippen LogP contribution is -2.41. The molecule has 1 fully saturated rings. The first kappa shape index (κ1) is 15.5. The standard InChI is InChI=1S/C17H26N2S/c1-3-13-9-11-14(12-10-13)16(17(18)20)19(2)15-7-5-4-6-8-15/h9-12,15-16H,3-8H2,1-2H3,(H2,18,20). The van der Waals surface area contributed by atoms with Gasteiger partial charge in [-0.25, -0.2) is 0 Å². The lowest BCUT2D eigenvalue weighted by molar-refractivity contribution is 0.170. The summed E-state index contributed by atoms with van der Waals surface area (Å²) in [5.41, 5.74) is 8.62. The molecule has 0 saturated heterocycles. The van der Waals surface area contributed by atoms with Crippen molar-refractivity contribution in [3.05, 3.63) is 35.4 Å². The monoisotopic (exact) mass is 290 g/mol. The molecule has 0 aliphatic heterocycles. The Hall–Kier alpha value is -0.930. The van der Waals surface area contributed by atoms with Crippen LogP contribution in [0.5, 0.6) is 0 Å². The van der Waals surface area contributed by atoms with E-state index < -0.39 is 0 Å². The summed E-state index contributed by atoms with van der Waals surface area (Å²) >= 11 is 5.34. The number of likely N-dealkylation sites (N-methyl/N-ethyl adjacent to an activating group) is 1. The second kappa shape index (κ2) is 7.19. The van der Waals surface area contributed by atoms with Crippen molar-refractivity contribution in [2.75, 3.05) is 7.05 Å². The summed E-state index contributed by atoms with van der Waals surface area (Å²) in [5.74, 6) is 0. The van der Waals surface area contributed by atoms with Crippen LogP contribution in [0.25, 0.3) is 0 Å². The number of rotatable bonds is 5. The van der Waals surface area contributed by atoms with E-state index in [4.69, 9.17) is 18.0 Å². The third-order valence-corrected chi connectivity index (χ3v) is 4.75. The molecular weight excluding hydrogens is 264 g/mol. The van der Waals surface area contributed by atoms with E-state index in [2.05, 4.69) is 43.1 Å². The number of nitrogens with zero attached hydrogens (tertiary/aromatic N) is 1. The molecule has 1 saturated carbocycles. The van der Waals surface area contributed by atoms with E-state index in [1.807, 2.05) is 0 Å². The van der Waals surface area contributed by atoms with E-state index >= 15 is 0 Å². The molecular formula is C17H26N2S. The SMILES string of the molecule is CCc1ccc(C(C(N)=S)N(C)C2CCCCC2)cc1. The van der Waals surface area contributed by atoms with Crippen LogP contribution in [0.15, 0.2) is 24.3 Å². The number of nitrogens with two attached hydrogens (primary N) is 1. The van der Waals surface area contributed by atoms with Crippen LogP contribution in [0, 0.1) is 0 Å². The van der Waals surface area contributed by atoms with Crippen molar-refractivity contribution in [2.24, 2.45) is 5.73 Å². The van der Waals surface area contributed by atoms with Gasteiger partial charge >= 0.3 is 0 Å². The molecule has 0 amide bonds. The van der Waals surface area contributed by atoms with E-state index in [1.165, 1.54) is 43.2 Å². The minimum Gasteiger partial charge on any atom is -0.392 e. The zero-order valence-corrected chi connectivity index (χ0v) is 13.5. The van der Waals surface area contributed by atoms with Gasteiger partial charge < -0.3 is 5.73 Å². The van der Waals surface area contributed by atoms with Crippen LogP contribution in [0.3, 0.4) is 0 Å². The van der Waals surface area contributed by atoms with Gasteiger partial charge in [0.05, 0.1) is 11.0 Å². The van der Waals surface area contributed by atoms with Gasteiger partial charge in [0.2, 0.25) is 0 Å². The van der Waals surface area contributed by atoms with Crippen molar-refractivity contribution in [3.63, 3.8) is 0 Å². The quantitative estimate of drug-likeness (QED) is 0.835. The summed E-state index contributed by atoms with van der Waals surface area (Å²) in [6.07, 6.45) is 7.62. The highest BCUT2D eigenvalue weighted by Gasteiger charge is 2.27. The van der Waals surface area contributed by atoms with Crippen molar-refractivity contribution in [3.8, 4) is 0 Å². The highest BCUT2D eigenvalue weighted by Crippen LogP contribution is 2.29. The highest BCUT2D eigenvalue weighted by molar-refractivity contribution is 7.80. The van der Waals surface area contributed by atoms with Crippen molar-refractivity contribution < 1.29 is 0 Å². The molecule has 2 rings (SSSR count). The van der Waals surface area contributed by atoms with Crippen LogP contribution in [0.1, 0.15) is 56.2 Å². The van der Waals surface area contributed by atoms with E-state index in [1.54, 1.807) is 0 Å². The lowest BCUT2D eigenvalue weighted by atomic mass is 9.92. The van der Waals surface area contributed by atoms with Crippen molar-refractivity contribution in [2.45, 2.75) is 57.5 Å². The second-order valence-electron chi connectivity index (χ2n) is 5.86. The number of hydrogen-bond donors (Lipinski definition) is 1. The van der Waals surface area contributed by atoms with E-state index in [0.29, 0.717) is 11.0 Å². The maximum Gasteiger partial charge on any atom is 0.0948 e. The Morgan fingerprint density at radius 3 is 2.35 bits per heavy atom. The van der Waals surface area contributed by atoms with Gasteiger partial charge in [-0.15, -0.1) is 0 Å². The molecule has 1 aromatic rings. The molecule has 3 heteroatoms. The van der Waals surface area contributed by atoms with Gasteiger partial charge in [0, 0.05) is 6.04 Å². The Morgan fingerprint density at radius 1 is 1.25 bits per heavy atom. The normalized spacial score (nSPS) is 18.1.